The molecule has 28 heavy (non-hydrogen) atoms. The van der Waals surface area contributed by atoms with E-state index in [0.717, 1.165) is 30.7 Å². The van der Waals surface area contributed by atoms with Gasteiger partial charge in [0.2, 0.25) is 5.91 Å². The van der Waals surface area contributed by atoms with E-state index in [1.165, 1.54) is 17.0 Å². The van der Waals surface area contributed by atoms with Crippen molar-refractivity contribution >= 4 is 17.7 Å². The minimum absolute atomic E-state index is 0.0978. The molecule has 0 bridgehead atoms. The SMILES string of the molecule is CSc1ccc(CN2CCC2(C)C(=O)NCc2ccc(C(F)(F)F)cc2)cc1. The number of alkyl halides is 3. The lowest BCUT2D eigenvalue weighted by atomic mass is 9.85. The van der Waals surface area contributed by atoms with Gasteiger partial charge in [0.25, 0.3) is 0 Å². The smallest absolute Gasteiger partial charge is 0.350 e. The first-order valence-electron chi connectivity index (χ1n) is 9.05. The van der Waals surface area contributed by atoms with Crippen molar-refractivity contribution in [1.29, 1.82) is 0 Å². The normalized spacial score (nSPS) is 19.9. The molecule has 3 nitrogen and oxygen atoms in total. The molecule has 1 amide bonds. The molecule has 2 aromatic carbocycles. The number of amides is 1. The van der Waals surface area contributed by atoms with Crippen LogP contribution in [-0.2, 0) is 24.1 Å². The van der Waals surface area contributed by atoms with Gasteiger partial charge in [-0.1, -0.05) is 24.3 Å². The molecule has 0 saturated carbocycles. The van der Waals surface area contributed by atoms with Crippen LogP contribution in [0.15, 0.2) is 53.4 Å². The fourth-order valence-corrected chi connectivity index (χ4v) is 3.66. The Hall–Kier alpha value is -1.99. The van der Waals surface area contributed by atoms with Gasteiger partial charge in [-0.2, -0.15) is 13.2 Å². The van der Waals surface area contributed by atoms with Gasteiger partial charge in [-0.25, -0.2) is 0 Å². The van der Waals surface area contributed by atoms with E-state index in [1.807, 2.05) is 13.2 Å². The molecule has 1 aliphatic rings. The Morgan fingerprint density at radius 1 is 1.11 bits per heavy atom. The van der Waals surface area contributed by atoms with Crippen molar-refractivity contribution in [3.63, 3.8) is 0 Å². The maximum atomic E-state index is 12.7. The van der Waals surface area contributed by atoms with Crippen LogP contribution in [0, 0.1) is 0 Å². The summed E-state index contributed by atoms with van der Waals surface area (Å²) in [6, 6.07) is 13.2. The van der Waals surface area contributed by atoms with E-state index in [-0.39, 0.29) is 12.5 Å². The Balaban J connectivity index is 1.57. The number of hydrogen-bond donors (Lipinski definition) is 1. The summed E-state index contributed by atoms with van der Waals surface area (Å²) in [5.41, 5.74) is 0.513. The van der Waals surface area contributed by atoms with Crippen LogP contribution in [0.5, 0.6) is 0 Å². The number of benzene rings is 2. The molecule has 1 fully saturated rings. The third-order valence-electron chi connectivity index (χ3n) is 5.32. The van der Waals surface area contributed by atoms with Gasteiger partial charge in [0.05, 0.1) is 11.1 Å². The standard InChI is InChI=1S/C21H23F3N2OS/c1-20(11-12-26(20)14-16-5-9-18(28-2)10-6-16)19(27)25-13-15-3-7-17(8-4-15)21(22,23)24/h3-10H,11-14H2,1-2H3,(H,25,27). The Morgan fingerprint density at radius 3 is 2.21 bits per heavy atom. The highest BCUT2D eigenvalue weighted by Crippen LogP contribution is 2.33. The van der Waals surface area contributed by atoms with Crippen molar-refractivity contribution < 1.29 is 18.0 Å². The second kappa shape index (κ2) is 8.17. The molecule has 1 atom stereocenters. The number of nitrogens with zero attached hydrogens (tertiary/aromatic N) is 1. The predicted octanol–water partition coefficient (Wildman–Crippen LogP) is 4.71. The van der Waals surface area contributed by atoms with Gasteiger partial charge >= 0.3 is 6.18 Å². The molecule has 1 saturated heterocycles. The zero-order valence-electron chi connectivity index (χ0n) is 15.8. The van der Waals surface area contributed by atoms with Crippen LogP contribution in [0.3, 0.4) is 0 Å². The van der Waals surface area contributed by atoms with Crippen molar-refractivity contribution in [2.24, 2.45) is 0 Å². The molecule has 1 aliphatic heterocycles. The van der Waals surface area contributed by atoms with E-state index >= 15 is 0 Å². The third kappa shape index (κ3) is 4.52. The monoisotopic (exact) mass is 408 g/mol. The molecular formula is C21H23F3N2OS. The van der Waals surface area contributed by atoms with E-state index in [1.54, 1.807) is 11.8 Å². The highest BCUT2D eigenvalue weighted by molar-refractivity contribution is 7.98. The van der Waals surface area contributed by atoms with Crippen molar-refractivity contribution in [2.75, 3.05) is 12.8 Å². The maximum Gasteiger partial charge on any atom is 0.416 e. The molecule has 150 valence electrons. The second-order valence-electron chi connectivity index (χ2n) is 7.17. The molecule has 1 heterocycles. The van der Waals surface area contributed by atoms with E-state index in [4.69, 9.17) is 0 Å². The van der Waals surface area contributed by atoms with Gasteiger partial charge in [-0.15, -0.1) is 11.8 Å². The van der Waals surface area contributed by atoms with Gasteiger partial charge in [-0.05, 0) is 55.0 Å². The summed E-state index contributed by atoms with van der Waals surface area (Å²) in [6.45, 7) is 3.66. The van der Waals surface area contributed by atoms with E-state index in [9.17, 15) is 18.0 Å². The first-order chi connectivity index (χ1) is 13.2. The van der Waals surface area contributed by atoms with Crippen LogP contribution < -0.4 is 5.32 Å². The van der Waals surface area contributed by atoms with E-state index in [2.05, 4.69) is 34.5 Å². The van der Waals surface area contributed by atoms with E-state index in [0.29, 0.717) is 12.1 Å². The Morgan fingerprint density at radius 2 is 1.71 bits per heavy atom. The molecule has 1 unspecified atom stereocenters. The lowest BCUT2D eigenvalue weighted by Gasteiger charge is -2.49. The summed E-state index contributed by atoms with van der Waals surface area (Å²) in [4.78, 5) is 16.0. The number of likely N-dealkylation sites (tertiary alicyclic amines) is 1. The Labute approximate surface area is 167 Å². The van der Waals surface area contributed by atoms with Gasteiger partial charge < -0.3 is 5.32 Å². The third-order valence-corrected chi connectivity index (χ3v) is 6.07. The molecule has 2 aromatic rings. The molecule has 0 spiro atoms. The molecule has 0 radical (unpaired) electrons. The number of carbonyl (C=O) groups excluding carboxylic acids is 1. The summed E-state index contributed by atoms with van der Waals surface area (Å²) in [7, 11) is 0. The number of hydrogen-bond acceptors (Lipinski definition) is 3. The van der Waals surface area contributed by atoms with Gasteiger partial charge in [0.1, 0.15) is 0 Å². The average molecular weight is 408 g/mol. The highest BCUT2D eigenvalue weighted by Gasteiger charge is 2.46. The molecule has 0 aromatic heterocycles. The second-order valence-corrected chi connectivity index (χ2v) is 8.05. The summed E-state index contributed by atoms with van der Waals surface area (Å²) in [5.74, 6) is -0.0978. The Bertz CT molecular complexity index is 821. The van der Waals surface area contributed by atoms with Crippen LogP contribution in [-0.4, -0.2) is 29.1 Å². The zero-order chi connectivity index (χ0) is 20.4. The topological polar surface area (TPSA) is 32.3 Å². The number of carbonyl (C=O) groups is 1. The summed E-state index contributed by atoms with van der Waals surface area (Å²) >= 11 is 1.69. The Kier molecular flexibility index (Phi) is 6.05. The van der Waals surface area contributed by atoms with Crippen LogP contribution in [0.2, 0.25) is 0 Å². The number of thioether (sulfide) groups is 1. The molecule has 7 heteroatoms. The fourth-order valence-electron chi connectivity index (χ4n) is 3.25. The molecule has 3 rings (SSSR count). The highest BCUT2D eigenvalue weighted by atomic mass is 32.2. The summed E-state index contributed by atoms with van der Waals surface area (Å²) < 4.78 is 37.9. The fraction of sp³-hybridized carbons (Fsp3) is 0.381. The first kappa shape index (κ1) is 20.7. The van der Waals surface area contributed by atoms with Gasteiger partial charge in [0, 0.05) is 24.5 Å². The van der Waals surface area contributed by atoms with Crippen molar-refractivity contribution in [2.45, 2.75) is 43.0 Å². The van der Waals surface area contributed by atoms with E-state index < -0.39 is 17.3 Å². The first-order valence-corrected chi connectivity index (χ1v) is 10.3. The average Bonchev–Trinajstić information content (AvgIpc) is 2.68. The molecule has 1 N–H and O–H groups in total. The number of halogens is 3. The van der Waals surface area contributed by atoms with Gasteiger partial charge in [0.15, 0.2) is 0 Å². The number of nitrogens with one attached hydrogen (secondary N) is 1. The zero-order valence-corrected chi connectivity index (χ0v) is 16.7. The predicted molar refractivity (Wildman–Crippen MR) is 105 cm³/mol. The summed E-state index contributed by atoms with van der Waals surface area (Å²) in [6.07, 6.45) is -1.56. The lowest BCUT2D eigenvalue weighted by Crippen LogP contribution is -2.65. The van der Waals surface area contributed by atoms with Crippen LogP contribution in [0.4, 0.5) is 13.2 Å². The number of rotatable bonds is 6. The molecule has 0 aliphatic carbocycles. The minimum atomic E-state index is -4.35. The van der Waals surface area contributed by atoms with Crippen molar-refractivity contribution in [3.05, 3.63) is 65.2 Å². The van der Waals surface area contributed by atoms with Crippen LogP contribution in [0.1, 0.15) is 30.0 Å². The van der Waals surface area contributed by atoms with Gasteiger partial charge in [-0.3, -0.25) is 9.69 Å². The van der Waals surface area contributed by atoms with Crippen molar-refractivity contribution in [1.82, 2.24) is 10.2 Å². The van der Waals surface area contributed by atoms with Crippen LogP contribution in [0.25, 0.3) is 0 Å². The largest absolute Gasteiger partial charge is 0.416 e. The quantitative estimate of drug-likeness (QED) is 0.703. The minimum Gasteiger partial charge on any atom is -0.350 e. The lowest BCUT2D eigenvalue weighted by molar-refractivity contribution is -0.142. The van der Waals surface area contributed by atoms with Crippen LogP contribution >= 0.6 is 11.8 Å². The summed E-state index contributed by atoms with van der Waals surface area (Å²) in [5, 5.41) is 2.87. The molecular weight excluding hydrogens is 385 g/mol. The maximum absolute atomic E-state index is 12.7. The van der Waals surface area contributed by atoms with Crippen molar-refractivity contribution in [3.8, 4) is 0 Å².